The van der Waals surface area contributed by atoms with E-state index in [1.54, 1.807) is 65.0 Å². The van der Waals surface area contributed by atoms with E-state index < -0.39 is 34.9 Å². The summed E-state index contributed by atoms with van der Waals surface area (Å²) in [5.74, 6) is -1.97. The highest BCUT2D eigenvalue weighted by molar-refractivity contribution is 5.88. The number of hydrogen-bond donors (Lipinski definition) is 1. The third-order valence-corrected chi connectivity index (χ3v) is 4.51. The van der Waals surface area contributed by atoms with Crippen LogP contribution in [0.3, 0.4) is 0 Å². The van der Waals surface area contributed by atoms with E-state index in [2.05, 4.69) is 6.58 Å². The number of rotatable bonds is 6. The van der Waals surface area contributed by atoms with E-state index in [1.807, 2.05) is 0 Å². The molecule has 1 atom stereocenters. The number of aliphatic hydroxyl groups is 1. The molecule has 2 aromatic rings. The summed E-state index contributed by atoms with van der Waals surface area (Å²) in [4.78, 5) is 24.0. The van der Waals surface area contributed by atoms with Crippen LogP contribution in [0.25, 0.3) is 11.1 Å². The van der Waals surface area contributed by atoms with Gasteiger partial charge < -0.3 is 14.6 Å². The second kappa shape index (κ2) is 9.02. The lowest BCUT2D eigenvalue weighted by atomic mass is 9.91. The molecule has 0 spiro atoms. The van der Waals surface area contributed by atoms with Gasteiger partial charge in [0.15, 0.2) is 17.7 Å². The highest BCUT2D eigenvalue weighted by atomic mass is 19.1. The molecule has 2 aromatic carbocycles. The predicted octanol–water partition coefficient (Wildman–Crippen LogP) is 5.38. The summed E-state index contributed by atoms with van der Waals surface area (Å²) in [6.45, 7) is 13.3. The van der Waals surface area contributed by atoms with E-state index in [9.17, 15) is 19.1 Å². The molecule has 0 aliphatic heterocycles. The van der Waals surface area contributed by atoms with Crippen molar-refractivity contribution in [3.8, 4) is 16.9 Å². The lowest BCUT2D eigenvalue weighted by molar-refractivity contribution is -0.172. The van der Waals surface area contributed by atoms with Gasteiger partial charge in [-0.15, -0.1) is 0 Å². The molecular weight excluding hydrogens is 399 g/mol. The fourth-order valence-corrected chi connectivity index (χ4v) is 2.70. The Labute approximate surface area is 182 Å². The summed E-state index contributed by atoms with van der Waals surface area (Å²) in [5.41, 5.74) is 0.0521. The third-order valence-electron chi connectivity index (χ3n) is 4.51. The van der Waals surface area contributed by atoms with Crippen molar-refractivity contribution in [2.45, 2.75) is 53.2 Å². The summed E-state index contributed by atoms with van der Waals surface area (Å²) in [5, 5.41) is 10.5. The standard InChI is InChI=1S/C25H29FO5/c1-15(2)22(27)30-20-13-12-18(14-19(20)26)16-8-10-17(11-9-16)21(25(6,7)29)31-23(28)24(3,4)5/h8-14,21,29H,1H2,2-7H3. The SMILES string of the molecule is C=C(C)C(=O)Oc1ccc(-c2ccc(C(OC(=O)C(C)(C)C)C(C)(C)O)cc2)cc1F. The van der Waals surface area contributed by atoms with Crippen LogP contribution in [0.1, 0.15) is 53.2 Å². The van der Waals surface area contributed by atoms with Crippen molar-refractivity contribution in [2.75, 3.05) is 0 Å². The Kier molecular flexibility index (Phi) is 7.06. The van der Waals surface area contributed by atoms with Gasteiger partial charge in [0.2, 0.25) is 0 Å². The Morgan fingerprint density at radius 2 is 1.55 bits per heavy atom. The van der Waals surface area contributed by atoms with Gasteiger partial charge in [-0.1, -0.05) is 36.9 Å². The monoisotopic (exact) mass is 428 g/mol. The Morgan fingerprint density at radius 1 is 1.00 bits per heavy atom. The number of carbonyl (C=O) groups is 2. The van der Waals surface area contributed by atoms with Gasteiger partial charge in [0.1, 0.15) is 5.60 Å². The molecule has 0 fully saturated rings. The minimum absolute atomic E-state index is 0.174. The van der Waals surface area contributed by atoms with E-state index in [0.717, 1.165) is 0 Å². The fourth-order valence-electron chi connectivity index (χ4n) is 2.70. The molecule has 0 aliphatic rings. The minimum Gasteiger partial charge on any atom is -0.454 e. The van der Waals surface area contributed by atoms with E-state index in [4.69, 9.17) is 9.47 Å². The Hall–Kier alpha value is -2.99. The zero-order valence-electron chi connectivity index (χ0n) is 18.8. The molecule has 1 N–H and O–H groups in total. The molecule has 0 aromatic heterocycles. The third kappa shape index (κ3) is 6.25. The molecular formula is C25H29FO5. The van der Waals surface area contributed by atoms with Crippen LogP contribution in [-0.4, -0.2) is 22.6 Å². The number of hydrogen-bond acceptors (Lipinski definition) is 5. The number of ether oxygens (including phenoxy) is 2. The minimum atomic E-state index is -1.30. The molecule has 0 heterocycles. The molecule has 0 saturated heterocycles. The number of carbonyl (C=O) groups excluding carboxylic acids is 2. The maximum absolute atomic E-state index is 14.4. The topological polar surface area (TPSA) is 72.8 Å². The normalized spacial score (nSPS) is 12.8. The van der Waals surface area contributed by atoms with Crippen molar-refractivity contribution in [3.05, 3.63) is 66.0 Å². The zero-order valence-corrected chi connectivity index (χ0v) is 18.8. The predicted molar refractivity (Wildman–Crippen MR) is 117 cm³/mol. The van der Waals surface area contributed by atoms with E-state index in [0.29, 0.717) is 16.7 Å². The zero-order chi connectivity index (χ0) is 23.6. The Morgan fingerprint density at radius 3 is 2.00 bits per heavy atom. The lowest BCUT2D eigenvalue weighted by Gasteiger charge is -2.31. The summed E-state index contributed by atoms with van der Waals surface area (Å²) in [6, 6.07) is 11.2. The summed E-state index contributed by atoms with van der Waals surface area (Å²) in [7, 11) is 0. The van der Waals surface area contributed by atoms with Crippen LogP contribution in [0.15, 0.2) is 54.6 Å². The lowest BCUT2D eigenvalue weighted by Crippen LogP contribution is -2.35. The molecule has 0 saturated carbocycles. The second-order valence-corrected chi connectivity index (χ2v) is 9.13. The number of esters is 2. The molecule has 2 rings (SSSR count). The molecule has 1 unspecified atom stereocenters. The van der Waals surface area contributed by atoms with Gasteiger partial charge in [0, 0.05) is 5.57 Å². The molecule has 166 valence electrons. The van der Waals surface area contributed by atoms with Crippen molar-refractivity contribution in [2.24, 2.45) is 5.41 Å². The van der Waals surface area contributed by atoms with E-state index >= 15 is 0 Å². The van der Waals surface area contributed by atoms with Crippen LogP contribution in [0.5, 0.6) is 5.75 Å². The highest BCUT2D eigenvalue weighted by Gasteiger charge is 2.35. The van der Waals surface area contributed by atoms with Crippen molar-refractivity contribution >= 4 is 11.9 Å². The van der Waals surface area contributed by atoms with Crippen LogP contribution in [0.2, 0.25) is 0 Å². The van der Waals surface area contributed by atoms with Crippen LogP contribution in [0.4, 0.5) is 4.39 Å². The van der Waals surface area contributed by atoms with Crippen LogP contribution in [-0.2, 0) is 14.3 Å². The van der Waals surface area contributed by atoms with Crippen LogP contribution in [0, 0.1) is 11.2 Å². The molecule has 0 aliphatic carbocycles. The van der Waals surface area contributed by atoms with Gasteiger partial charge in [-0.2, -0.15) is 0 Å². The first-order valence-corrected chi connectivity index (χ1v) is 9.91. The Balaban J connectivity index is 2.29. The molecule has 31 heavy (non-hydrogen) atoms. The van der Waals surface area contributed by atoms with Crippen molar-refractivity contribution < 1.29 is 28.6 Å². The molecule has 0 amide bonds. The van der Waals surface area contributed by atoms with Crippen molar-refractivity contribution in [1.82, 2.24) is 0 Å². The largest absolute Gasteiger partial charge is 0.454 e. The summed E-state index contributed by atoms with van der Waals surface area (Å²) in [6.07, 6.45) is -0.867. The highest BCUT2D eigenvalue weighted by Crippen LogP contribution is 2.34. The van der Waals surface area contributed by atoms with Crippen molar-refractivity contribution in [1.29, 1.82) is 0 Å². The van der Waals surface area contributed by atoms with Gasteiger partial charge in [-0.3, -0.25) is 4.79 Å². The number of benzene rings is 2. The second-order valence-electron chi connectivity index (χ2n) is 9.13. The first kappa shape index (κ1) is 24.3. The van der Waals surface area contributed by atoms with Crippen molar-refractivity contribution in [3.63, 3.8) is 0 Å². The van der Waals surface area contributed by atoms with Gasteiger partial charge in [-0.05, 0) is 70.4 Å². The van der Waals surface area contributed by atoms with Crippen LogP contribution >= 0.6 is 0 Å². The molecule has 6 heteroatoms. The van der Waals surface area contributed by atoms with Gasteiger partial charge in [0.05, 0.1) is 5.41 Å². The fraction of sp³-hybridized carbons (Fsp3) is 0.360. The molecule has 0 radical (unpaired) electrons. The van der Waals surface area contributed by atoms with Gasteiger partial charge in [0.25, 0.3) is 0 Å². The molecule has 0 bridgehead atoms. The Bertz CT molecular complexity index is 978. The van der Waals surface area contributed by atoms with Crippen LogP contribution < -0.4 is 4.74 Å². The smallest absolute Gasteiger partial charge is 0.338 e. The maximum Gasteiger partial charge on any atom is 0.338 e. The first-order chi connectivity index (χ1) is 14.2. The average molecular weight is 429 g/mol. The molecule has 5 nitrogen and oxygen atoms in total. The van der Waals surface area contributed by atoms with Gasteiger partial charge in [-0.25, -0.2) is 9.18 Å². The van der Waals surface area contributed by atoms with E-state index in [1.165, 1.54) is 19.1 Å². The summed E-state index contributed by atoms with van der Waals surface area (Å²) >= 11 is 0. The number of halogens is 1. The maximum atomic E-state index is 14.4. The average Bonchev–Trinajstić information content (AvgIpc) is 2.65. The summed E-state index contributed by atoms with van der Waals surface area (Å²) < 4.78 is 24.9. The first-order valence-electron chi connectivity index (χ1n) is 9.91. The quantitative estimate of drug-likeness (QED) is 0.380. The van der Waals surface area contributed by atoms with E-state index in [-0.39, 0.29) is 11.3 Å². The van der Waals surface area contributed by atoms with Gasteiger partial charge >= 0.3 is 11.9 Å².